The summed E-state index contributed by atoms with van der Waals surface area (Å²) in [6.07, 6.45) is 0.506. The number of aryl methyl sites for hydroxylation is 5. The highest BCUT2D eigenvalue weighted by Crippen LogP contribution is 2.33. The first-order valence-electron chi connectivity index (χ1n) is 38.0. The molecular weight excluding hydrogens is 1700 g/mol. The summed E-state index contributed by atoms with van der Waals surface area (Å²) >= 11 is 12.5. The van der Waals surface area contributed by atoms with Crippen LogP contribution in [0.15, 0.2) is 215 Å². The lowest BCUT2D eigenvalue weighted by atomic mass is 10.1. The number of imidazole rings is 3. The SMILES string of the molecule is Cc1ccccc1CN(CCCOc1cnc(C(F)(F)F)nc1)Cc1cccnc1.Cc1ncccc1CN(CC(O)COc1ccc(C(F)(F)F)cc1)C(=O)c1cncn1C.Cn1cncc1C(=O)N(CCCOc1cnc(C(F)(F)F)nc1)Cc1ccccc1Cl.Cn1cncc1C(=O)N(Cc1ccccc1Cl)CC(O)COc1cnc(C(F)(F)F)nc1. The van der Waals surface area contributed by atoms with Gasteiger partial charge in [0.25, 0.3) is 17.7 Å². The molecule has 0 bridgehead atoms. The predicted octanol–water partition coefficient (Wildman–Crippen LogP) is 14.9. The van der Waals surface area contributed by atoms with Crippen LogP contribution >= 0.6 is 23.2 Å². The fraction of sp³-hybridized carbons (Fsp3) is 0.310. The molecular formula is C84H84Cl2F12N18O9. The van der Waals surface area contributed by atoms with Gasteiger partial charge in [0.05, 0.1) is 107 Å². The lowest BCUT2D eigenvalue weighted by Crippen LogP contribution is -2.40. The molecule has 0 aliphatic carbocycles. The van der Waals surface area contributed by atoms with Crippen molar-refractivity contribution >= 4 is 40.9 Å². The van der Waals surface area contributed by atoms with Crippen LogP contribution in [-0.2, 0) is 78.6 Å². The topological polar surface area (TPSA) is 298 Å². The minimum atomic E-state index is -4.66. The molecule has 8 aromatic heterocycles. The summed E-state index contributed by atoms with van der Waals surface area (Å²) in [6.45, 7) is 6.96. The van der Waals surface area contributed by atoms with Gasteiger partial charge >= 0.3 is 24.7 Å². The van der Waals surface area contributed by atoms with E-state index in [1.165, 1.54) is 70.6 Å². The number of rotatable bonds is 33. The van der Waals surface area contributed by atoms with E-state index in [1.807, 2.05) is 55.6 Å². The monoisotopic (exact) mass is 1790 g/mol. The second-order valence-corrected chi connectivity index (χ2v) is 28.6. The Hall–Kier alpha value is -12.7. The molecule has 2 atom stereocenters. The number of hydrogen-bond acceptors (Lipinski definition) is 21. The normalized spacial score (nSPS) is 12.0. The number of aromatic nitrogens is 14. The van der Waals surface area contributed by atoms with Gasteiger partial charge in [-0.05, 0) is 109 Å². The summed E-state index contributed by atoms with van der Waals surface area (Å²) in [5.41, 5.74) is 6.92. The number of benzene rings is 4. The van der Waals surface area contributed by atoms with Crippen LogP contribution in [0.2, 0.25) is 10.0 Å². The van der Waals surface area contributed by atoms with Crippen LogP contribution in [0.1, 0.15) is 106 Å². The largest absolute Gasteiger partial charge is 0.491 e. The van der Waals surface area contributed by atoms with Crippen molar-refractivity contribution < 1.29 is 96.2 Å². The Morgan fingerprint density at radius 3 is 1.20 bits per heavy atom. The maximum Gasteiger partial charge on any atom is 0.451 e. The highest BCUT2D eigenvalue weighted by atomic mass is 35.5. The van der Waals surface area contributed by atoms with Gasteiger partial charge in [-0.1, -0.05) is 96.0 Å². The molecule has 3 amide bonds. The van der Waals surface area contributed by atoms with Gasteiger partial charge in [0.15, 0.2) is 17.2 Å². The maximum atomic E-state index is 13.1. The van der Waals surface area contributed by atoms with E-state index in [4.69, 9.17) is 42.1 Å². The molecule has 0 saturated heterocycles. The average Bonchev–Trinajstić information content (AvgIpc) is 1.86. The van der Waals surface area contributed by atoms with Crippen molar-refractivity contribution in [3.05, 3.63) is 304 Å². The van der Waals surface area contributed by atoms with Gasteiger partial charge in [-0.15, -0.1) is 0 Å². The van der Waals surface area contributed by atoms with Crippen molar-refractivity contribution in [1.82, 2.24) is 88.1 Å². The number of nitrogens with zero attached hydrogens (tertiary/aromatic N) is 18. The number of carbonyl (C=O) groups is 3. The fourth-order valence-corrected chi connectivity index (χ4v) is 12.1. The smallest absolute Gasteiger partial charge is 0.451 e. The number of pyridine rings is 2. The number of alkyl halides is 12. The summed E-state index contributed by atoms with van der Waals surface area (Å²) < 4.78 is 177. The fourth-order valence-electron chi connectivity index (χ4n) is 11.7. The van der Waals surface area contributed by atoms with Gasteiger partial charge < -0.3 is 57.6 Å². The lowest BCUT2D eigenvalue weighted by molar-refractivity contribution is -0.145. The number of hydrogen-bond donors (Lipinski definition) is 2. The van der Waals surface area contributed by atoms with E-state index in [9.17, 15) is 77.3 Å². The van der Waals surface area contributed by atoms with Crippen molar-refractivity contribution in [2.45, 2.75) is 96.3 Å². The predicted molar refractivity (Wildman–Crippen MR) is 431 cm³/mol. The van der Waals surface area contributed by atoms with Crippen molar-refractivity contribution in [3.8, 4) is 23.0 Å². The third kappa shape index (κ3) is 30.3. The highest BCUT2D eigenvalue weighted by molar-refractivity contribution is 6.31. The van der Waals surface area contributed by atoms with E-state index in [0.29, 0.717) is 58.7 Å². The number of aliphatic hydroxyl groups is 2. The van der Waals surface area contributed by atoms with Gasteiger partial charge in [-0.3, -0.25) is 29.3 Å². The molecule has 12 rings (SSSR count). The van der Waals surface area contributed by atoms with E-state index in [0.717, 1.165) is 91.3 Å². The van der Waals surface area contributed by atoms with Crippen LogP contribution in [0.3, 0.4) is 0 Å². The zero-order valence-electron chi connectivity index (χ0n) is 67.6. The maximum absolute atomic E-state index is 13.1. The summed E-state index contributed by atoms with van der Waals surface area (Å²) in [6, 6.07) is 34.2. The van der Waals surface area contributed by atoms with Crippen LogP contribution in [-0.4, -0.2) is 181 Å². The highest BCUT2D eigenvalue weighted by Gasteiger charge is 2.37. The Labute approximate surface area is 718 Å². The van der Waals surface area contributed by atoms with E-state index in [1.54, 1.807) is 94.6 Å². The molecule has 0 fully saturated rings. The van der Waals surface area contributed by atoms with Gasteiger partial charge in [0.2, 0.25) is 17.5 Å². The lowest BCUT2D eigenvalue weighted by Gasteiger charge is -2.26. The first kappa shape index (κ1) is 96.1. The van der Waals surface area contributed by atoms with Crippen LogP contribution in [0, 0.1) is 13.8 Å². The molecule has 125 heavy (non-hydrogen) atoms. The Morgan fingerprint density at radius 2 is 0.792 bits per heavy atom. The van der Waals surface area contributed by atoms with Crippen molar-refractivity contribution in [2.24, 2.45) is 21.1 Å². The second kappa shape index (κ2) is 45.6. The van der Waals surface area contributed by atoms with Crippen LogP contribution in [0.4, 0.5) is 52.7 Å². The Kier molecular flexibility index (Phi) is 35.1. The second-order valence-electron chi connectivity index (χ2n) is 27.8. The van der Waals surface area contributed by atoms with Crippen LogP contribution < -0.4 is 18.9 Å². The van der Waals surface area contributed by atoms with E-state index in [2.05, 4.69) is 78.8 Å². The number of halogens is 14. The van der Waals surface area contributed by atoms with Gasteiger partial charge in [-0.2, -0.15) is 52.7 Å². The molecule has 0 aliphatic heterocycles. The Bertz CT molecular complexity index is 5200. The molecule has 2 unspecified atom stereocenters. The zero-order valence-corrected chi connectivity index (χ0v) is 69.1. The molecule has 0 radical (unpaired) electrons. The number of ether oxygens (including phenoxy) is 4. The molecule has 0 aliphatic rings. The Balaban J connectivity index is 0.000000189. The molecule has 2 N–H and O–H groups in total. The first-order valence-corrected chi connectivity index (χ1v) is 38.7. The summed E-state index contributed by atoms with van der Waals surface area (Å²) in [5, 5.41) is 21.9. The summed E-state index contributed by atoms with van der Waals surface area (Å²) in [7, 11) is 5.08. The number of amides is 3. The molecule has 4 aromatic carbocycles. The minimum Gasteiger partial charge on any atom is -0.491 e. The van der Waals surface area contributed by atoms with Gasteiger partial charge in [0.1, 0.15) is 48.3 Å². The van der Waals surface area contributed by atoms with Gasteiger partial charge in [0, 0.05) is 101 Å². The van der Waals surface area contributed by atoms with Crippen LogP contribution in [0.25, 0.3) is 0 Å². The Morgan fingerprint density at radius 1 is 0.400 bits per heavy atom. The van der Waals surface area contributed by atoms with E-state index < -0.39 is 59.9 Å². The van der Waals surface area contributed by atoms with Gasteiger partial charge in [-0.25, -0.2) is 44.9 Å². The zero-order chi connectivity index (χ0) is 90.4. The van der Waals surface area contributed by atoms with E-state index >= 15 is 0 Å². The quantitative estimate of drug-likeness (QED) is 0.0285. The number of carbonyl (C=O) groups excluding carboxylic acids is 3. The molecule has 0 spiro atoms. The van der Waals surface area contributed by atoms with Crippen molar-refractivity contribution in [3.63, 3.8) is 0 Å². The minimum absolute atomic E-state index is 0.0485. The van der Waals surface area contributed by atoms with Crippen LogP contribution in [0.5, 0.6) is 23.0 Å². The third-order valence-corrected chi connectivity index (χ3v) is 18.9. The van der Waals surface area contributed by atoms with Crippen molar-refractivity contribution in [1.29, 1.82) is 0 Å². The standard InChI is InChI=1S/C22H23F3N4O3.C22H23F3N4O.C20H19ClF3N5O3.C20H19ClF3N5O2/c1-15-16(4-3-9-27-15)11-29(21(31)20-10-26-14-28(20)2)12-18(30)13-32-19-7-5-17(6-8-19)22(23,24)25;1-17-6-2-3-8-19(17)16-29(15-18-7-4-9-26-12-18)10-5-11-30-20-13-27-21(28-14-20)22(23,24)25;1-28-12-25-8-17(28)18(31)29(9-13-4-2-3-5-16(13)21)10-14(30)11-32-15-6-26-19(27-7-15)20(22,23)24;1-28-13-25-11-17(28)18(30)29(12-14-5-2-3-6-16(14)21)7-4-8-31-15-9-26-19(27-10-15)20(22,23)24/h3-10,14,18,30H,11-13H2,1-2H3;2-4,6-9,12-14H,5,10-11,15-16H2,1H3;2-8,12,14,30H,9-11H2,1H3;2-3,5-6,9-11,13H,4,7-8,12H2,1H3. The molecule has 41 heteroatoms. The molecule has 12 aromatic rings. The molecule has 662 valence electrons. The molecule has 27 nitrogen and oxygen atoms in total. The summed E-state index contributed by atoms with van der Waals surface area (Å²) in [5.74, 6) is -4.16. The molecule has 0 saturated carbocycles. The third-order valence-electron chi connectivity index (χ3n) is 18.2. The summed E-state index contributed by atoms with van der Waals surface area (Å²) in [4.78, 5) is 85.6. The van der Waals surface area contributed by atoms with E-state index in [-0.39, 0.29) is 93.3 Å². The van der Waals surface area contributed by atoms with Crippen molar-refractivity contribution in [2.75, 3.05) is 52.6 Å². The number of aliphatic hydroxyl groups excluding tert-OH is 2. The first-order chi connectivity index (χ1) is 59.5. The molecule has 8 heterocycles. The average molecular weight is 1790 g/mol.